The van der Waals surface area contributed by atoms with Crippen LogP contribution in [0.25, 0.3) is 5.69 Å². The van der Waals surface area contributed by atoms with E-state index in [4.69, 9.17) is 0 Å². The molecule has 0 amide bonds. The molecule has 0 aliphatic rings. The van der Waals surface area contributed by atoms with E-state index in [9.17, 15) is 0 Å². The van der Waals surface area contributed by atoms with E-state index >= 15 is 0 Å². The summed E-state index contributed by atoms with van der Waals surface area (Å²) in [5.41, 5.74) is 2.05. The highest BCUT2D eigenvalue weighted by molar-refractivity contribution is 5.55. The third-order valence-corrected chi connectivity index (χ3v) is 2.60. The quantitative estimate of drug-likeness (QED) is 0.752. The number of hydrogen-bond acceptors (Lipinski definition) is 2. The van der Waals surface area contributed by atoms with Crippen LogP contribution in [0.15, 0.2) is 66.9 Å². The van der Waals surface area contributed by atoms with E-state index in [2.05, 4.69) is 16.5 Å². The average molecular weight is 234 g/mol. The number of nitrogens with zero attached hydrogens (tertiary/aromatic N) is 2. The molecule has 3 aromatic rings. The molecule has 18 heavy (non-hydrogen) atoms. The Morgan fingerprint density at radius 2 is 1.72 bits per heavy atom. The molecule has 0 saturated heterocycles. The van der Waals surface area contributed by atoms with E-state index in [1.165, 1.54) is 0 Å². The van der Waals surface area contributed by atoms with Crippen LogP contribution in [0.3, 0.4) is 0 Å². The van der Waals surface area contributed by atoms with Crippen LogP contribution in [0.4, 0.5) is 11.5 Å². The van der Waals surface area contributed by atoms with E-state index in [1.54, 1.807) is 0 Å². The lowest BCUT2D eigenvalue weighted by Crippen LogP contribution is -1.96. The number of anilines is 2. The standard InChI is InChI=1S/C15H12N3/c1-3-7-13(8-4-1)16-15-11-12-18(17-15)14-9-5-2-6-10-14/h2-12H,(H,16,17). The van der Waals surface area contributed by atoms with Crippen molar-refractivity contribution in [1.82, 2.24) is 9.78 Å². The van der Waals surface area contributed by atoms with Crippen molar-refractivity contribution in [2.24, 2.45) is 0 Å². The fourth-order valence-electron chi connectivity index (χ4n) is 1.73. The highest BCUT2D eigenvalue weighted by Gasteiger charge is 2.00. The number of hydrogen-bond donors (Lipinski definition) is 1. The summed E-state index contributed by atoms with van der Waals surface area (Å²) in [6.07, 6.45) is 1.94. The van der Waals surface area contributed by atoms with Gasteiger partial charge in [0, 0.05) is 18.0 Å². The zero-order valence-electron chi connectivity index (χ0n) is 9.75. The molecular weight excluding hydrogens is 222 g/mol. The average Bonchev–Trinajstić information content (AvgIpc) is 2.89. The van der Waals surface area contributed by atoms with Gasteiger partial charge >= 0.3 is 0 Å². The molecule has 1 radical (unpaired) electrons. The fraction of sp³-hybridized carbons (Fsp3) is 0. The fourth-order valence-corrected chi connectivity index (χ4v) is 1.73. The Morgan fingerprint density at radius 3 is 2.50 bits per heavy atom. The van der Waals surface area contributed by atoms with Crippen molar-refractivity contribution in [2.75, 3.05) is 5.32 Å². The van der Waals surface area contributed by atoms with Gasteiger partial charge in [0.15, 0.2) is 5.82 Å². The van der Waals surface area contributed by atoms with Crippen LogP contribution in [-0.4, -0.2) is 9.78 Å². The Kier molecular flexibility index (Phi) is 2.80. The molecule has 0 saturated carbocycles. The maximum absolute atomic E-state index is 4.47. The second-order valence-corrected chi connectivity index (χ2v) is 3.89. The molecule has 0 atom stereocenters. The van der Waals surface area contributed by atoms with Crippen molar-refractivity contribution in [1.29, 1.82) is 0 Å². The summed E-state index contributed by atoms with van der Waals surface area (Å²) in [7, 11) is 0. The minimum Gasteiger partial charge on any atom is -0.339 e. The second-order valence-electron chi connectivity index (χ2n) is 3.89. The summed E-state index contributed by atoms with van der Waals surface area (Å²) in [4.78, 5) is 0. The van der Waals surface area contributed by atoms with Gasteiger partial charge in [0.25, 0.3) is 0 Å². The van der Waals surface area contributed by atoms with E-state index in [0.717, 1.165) is 17.2 Å². The molecule has 0 bridgehead atoms. The number of aromatic nitrogens is 2. The first-order valence-corrected chi connectivity index (χ1v) is 5.76. The minimum atomic E-state index is 0.824. The van der Waals surface area contributed by atoms with Crippen LogP contribution in [0, 0.1) is 6.07 Å². The van der Waals surface area contributed by atoms with Crippen molar-refractivity contribution in [2.45, 2.75) is 0 Å². The van der Waals surface area contributed by atoms with Gasteiger partial charge in [0.1, 0.15) is 0 Å². The van der Waals surface area contributed by atoms with Crippen LogP contribution >= 0.6 is 0 Å². The Bertz CT molecular complexity index is 615. The number of nitrogens with one attached hydrogen (secondary N) is 1. The van der Waals surface area contributed by atoms with Crippen LogP contribution in [0.5, 0.6) is 0 Å². The summed E-state index contributed by atoms with van der Waals surface area (Å²) >= 11 is 0. The highest BCUT2D eigenvalue weighted by atomic mass is 15.3. The summed E-state index contributed by atoms with van der Waals surface area (Å²) < 4.78 is 1.84. The van der Waals surface area contributed by atoms with Crippen molar-refractivity contribution in [3.8, 4) is 5.69 Å². The maximum Gasteiger partial charge on any atom is 0.152 e. The summed E-state index contributed by atoms with van der Waals surface area (Å²) in [6, 6.07) is 22.6. The Balaban J connectivity index is 1.82. The van der Waals surface area contributed by atoms with Gasteiger partial charge < -0.3 is 5.32 Å². The van der Waals surface area contributed by atoms with Crippen molar-refractivity contribution in [3.05, 3.63) is 72.9 Å². The first-order valence-electron chi connectivity index (χ1n) is 5.76. The van der Waals surface area contributed by atoms with Crippen LogP contribution in [-0.2, 0) is 0 Å². The normalized spacial score (nSPS) is 10.2. The Morgan fingerprint density at radius 1 is 0.944 bits per heavy atom. The molecule has 0 aliphatic carbocycles. The molecule has 1 N–H and O–H groups in total. The third kappa shape index (κ3) is 2.25. The first-order chi connectivity index (χ1) is 8.92. The smallest absolute Gasteiger partial charge is 0.152 e. The third-order valence-electron chi connectivity index (χ3n) is 2.60. The van der Waals surface area contributed by atoms with E-state index in [1.807, 2.05) is 71.5 Å². The number of rotatable bonds is 3. The van der Waals surface area contributed by atoms with Crippen molar-refractivity contribution >= 4 is 11.5 Å². The molecule has 3 nitrogen and oxygen atoms in total. The van der Waals surface area contributed by atoms with Crippen LogP contribution in [0.2, 0.25) is 0 Å². The van der Waals surface area contributed by atoms with Gasteiger partial charge in [-0.3, -0.25) is 0 Å². The zero-order valence-corrected chi connectivity index (χ0v) is 9.75. The van der Waals surface area contributed by atoms with E-state index in [0.29, 0.717) is 0 Å². The topological polar surface area (TPSA) is 29.9 Å². The molecule has 3 rings (SSSR count). The largest absolute Gasteiger partial charge is 0.339 e. The van der Waals surface area contributed by atoms with Gasteiger partial charge in [-0.15, -0.1) is 0 Å². The van der Waals surface area contributed by atoms with Gasteiger partial charge in [0.2, 0.25) is 0 Å². The minimum absolute atomic E-state index is 0.824. The SMILES string of the molecule is [c]1ccc(Nc2ccn(-c3ccccc3)n2)cc1. The van der Waals surface area contributed by atoms with Gasteiger partial charge in [-0.25, -0.2) is 4.68 Å². The molecule has 0 spiro atoms. The molecule has 87 valence electrons. The summed E-state index contributed by atoms with van der Waals surface area (Å²) in [5.74, 6) is 0.824. The molecule has 1 heterocycles. The molecule has 0 fully saturated rings. The Labute approximate surface area is 106 Å². The number of benzene rings is 2. The zero-order chi connectivity index (χ0) is 12.2. The van der Waals surface area contributed by atoms with Crippen molar-refractivity contribution in [3.63, 3.8) is 0 Å². The number of para-hydroxylation sites is 1. The maximum atomic E-state index is 4.47. The highest BCUT2D eigenvalue weighted by Crippen LogP contribution is 2.15. The predicted molar refractivity (Wildman–Crippen MR) is 72.1 cm³/mol. The Hall–Kier alpha value is -2.55. The summed E-state index contributed by atoms with van der Waals surface area (Å²) in [6.45, 7) is 0. The first kappa shape index (κ1) is 10.6. The van der Waals surface area contributed by atoms with Crippen LogP contribution in [0.1, 0.15) is 0 Å². The van der Waals surface area contributed by atoms with Gasteiger partial charge in [0.05, 0.1) is 5.69 Å². The molecule has 1 aromatic heterocycles. The molecule has 0 unspecified atom stereocenters. The molecule has 0 aliphatic heterocycles. The monoisotopic (exact) mass is 234 g/mol. The molecule has 2 aromatic carbocycles. The lowest BCUT2D eigenvalue weighted by atomic mass is 10.3. The summed E-state index contributed by atoms with van der Waals surface area (Å²) in [5, 5.41) is 7.71. The van der Waals surface area contributed by atoms with Gasteiger partial charge in [-0.1, -0.05) is 30.3 Å². The lowest BCUT2D eigenvalue weighted by molar-refractivity contribution is 0.884. The van der Waals surface area contributed by atoms with Crippen molar-refractivity contribution < 1.29 is 0 Å². The van der Waals surface area contributed by atoms with E-state index < -0.39 is 0 Å². The second kappa shape index (κ2) is 4.75. The van der Waals surface area contributed by atoms with Gasteiger partial charge in [-0.2, -0.15) is 5.10 Å². The van der Waals surface area contributed by atoms with Gasteiger partial charge in [-0.05, 0) is 30.3 Å². The van der Waals surface area contributed by atoms with E-state index in [-0.39, 0.29) is 0 Å². The molecule has 3 heteroatoms. The lowest BCUT2D eigenvalue weighted by Gasteiger charge is -2.02. The van der Waals surface area contributed by atoms with Crippen LogP contribution < -0.4 is 5.32 Å². The predicted octanol–water partition coefficient (Wildman–Crippen LogP) is 3.42. The molecular formula is C15H12N3.